The van der Waals surface area contributed by atoms with Gasteiger partial charge in [-0.2, -0.15) is 0 Å². The number of esters is 1. The summed E-state index contributed by atoms with van der Waals surface area (Å²) in [7, 11) is 2.79. The zero-order chi connectivity index (χ0) is 18.9. The summed E-state index contributed by atoms with van der Waals surface area (Å²) in [5, 5.41) is 2.70. The Morgan fingerprint density at radius 2 is 1.88 bits per heavy atom. The minimum atomic E-state index is -1.22. The maximum Gasteiger partial charge on any atom is 0.341 e. The molecule has 0 saturated carbocycles. The Hall–Kier alpha value is -3.29. The molecule has 2 aromatic rings. The molecule has 3 amide bonds. The highest BCUT2D eigenvalue weighted by Gasteiger charge is 2.49. The van der Waals surface area contributed by atoms with Crippen LogP contribution in [-0.2, 0) is 21.6 Å². The number of amides is 3. The van der Waals surface area contributed by atoms with E-state index in [4.69, 9.17) is 9.15 Å². The Labute approximate surface area is 149 Å². The molecule has 8 nitrogen and oxygen atoms in total. The Morgan fingerprint density at radius 3 is 2.50 bits per heavy atom. The average Bonchev–Trinajstić information content (AvgIpc) is 3.20. The van der Waals surface area contributed by atoms with E-state index < -0.39 is 23.4 Å². The maximum atomic E-state index is 12.9. The summed E-state index contributed by atoms with van der Waals surface area (Å²) in [6, 6.07) is 7.72. The molecule has 136 valence electrons. The van der Waals surface area contributed by atoms with Gasteiger partial charge in [0.15, 0.2) is 0 Å². The Balaban J connectivity index is 1.87. The first-order valence-corrected chi connectivity index (χ1v) is 7.84. The first-order chi connectivity index (χ1) is 12.4. The number of urea groups is 1. The van der Waals surface area contributed by atoms with E-state index >= 15 is 0 Å². The second-order valence-electron chi connectivity index (χ2n) is 5.92. The third-order valence-electron chi connectivity index (χ3n) is 4.39. The second kappa shape index (κ2) is 6.55. The highest BCUT2D eigenvalue weighted by Crippen LogP contribution is 2.31. The Morgan fingerprint density at radius 1 is 1.19 bits per heavy atom. The van der Waals surface area contributed by atoms with Gasteiger partial charge < -0.3 is 19.2 Å². The van der Waals surface area contributed by atoms with Crippen molar-refractivity contribution in [3.8, 4) is 5.75 Å². The summed E-state index contributed by atoms with van der Waals surface area (Å²) in [4.78, 5) is 38.1. The van der Waals surface area contributed by atoms with Crippen LogP contribution < -0.4 is 10.1 Å². The van der Waals surface area contributed by atoms with Crippen LogP contribution in [0.4, 0.5) is 4.79 Å². The fourth-order valence-corrected chi connectivity index (χ4v) is 2.86. The van der Waals surface area contributed by atoms with Crippen molar-refractivity contribution in [2.45, 2.75) is 19.0 Å². The first kappa shape index (κ1) is 17.5. The van der Waals surface area contributed by atoms with Crippen LogP contribution in [0, 0.1) is 0 Å². The monoisotopic (exact) mass is 358 g/mol. The number of nitrogens with one attached hydrogen (secondary N) is 1. The molecule has 1 aliphatic rings. The van der Waals surface area contributed by atoms with E-state index in [1.807, 2.05) is 0 Å². The van der Waals surface area contributed by atoms with E-state index in [0.717, 1.165) is 4.90 Å². The number of furan rings is 1. The summed E-state index contributed by atoms with van der Waals surface area (Å²) in [5.41, 5.74) is -0.431. The van der Waals surface area contributed by atoms with Crippen molar-refractivity contribution in [2.75, 3.05) is 14.2 Å². The highest BCUT2D eigenvalue weighted by molar-refractivity contribution is 6.07. The van der Waals surface area contributed by atoms with Crippen molar-refractivity contribution in [3.05, 3.63) is 53.5 Å². The summed E-state index contributed by atoms with van der Waals surface area (Å²) in [5.74, 6) is -0.220. The summed E-state index contributed by atoms with van der Waals surface area (Å²) < 4.78 is 15.0. The molecule has 3 rings (SSSR count). The largest absolute Gasteiger partial charge is 0.497 e. The molecule has 2 heterocycles. The number of nitrogens with zero attached hydrogens (tertiary/aromatic N) is 1. The topological polar surface area (TPSA) is 98.1 Å². The number of hydrogen-bond acceptors (Lipinski definition) is 6. The van der Waals surface area contributed by atoms with Gasteiger partial charge in [0.1, 0.15) is 22.6 Å². The molecule has 0 bridgehead atoms. The van der Waals surface area contributed by atoms with Crippen LogP contribution in [0.15, 0.2) is 41.0 Å². The average molecular weight is 358 g/mol. The van der Waals surface area contributed by atoms with Gasteiger partial charge in [-0.3, -0.25) is 9.69 Å². The molecular weight excluding hydrogens is 340 g/mol. The molecule has 0 radical (unpaired) electrons. The quantitative estimate of drug-likeness (QED) is 0.649. The molecule has 1 N–H and O–H groups in total. The van der Waals surface area contributed by atoms with Crippen LogP contribution in [0.5, 0.6) is 5.75 Å². The van der Waals surface area contributed by atoms with Crippen molar-refractivity contribution < 1.29 is 28.3 Å². The van der Waals surface area contributed by atoms with E-state index in [0.29, 0.717) is 11.3 Å². The molecular formula is C18H18N2O6. The van der Waals surface area contributed by atoms with E-state index in [2.05, 4.69) is 10.1 Å². The van der Waals surface area contributed by atoms with Crippen LogP contribution in [0.1, 0.15) is 28.6 Å². The van der Waals surface area contributed by atoms with E-state index in [1.165, 1.54) is 19.4 Å². The standard InChI is InChI=1S/C18H18N2O6/c1-18(11-4-6-12(24-2)7-5-11)16(22)20(17(23)19-18)10-14-13(8-9-26-14)15(21)25-3/h4-9H,10H2,1-3H3,(H,19,23). The van der Waals surface area contributed by atoms with Crippen molar-refractivity contribution in [3.63, 3.8) is 0 Å². The number of rotatable bonds is 5. The van der Waals surface area contributed by atoms with Crippen LogP contribution in [0.2, 0.25) is 0 Å². The number of hydrogen-bond donors (Lipinski definition) is 1. The van der Waals surface area contributed by atoms with Gasteiger partial charge in [0.25, 0.3) is 5.91 Å². The van der Waals surface area contributed by atoms with Crippen molar-refractivity contribution >= 4 is 17.9 Å². The fraction of sp³-hybridized carbons (Fsp3) is 0.278. The van der Waals surface area contributed by atoms with Gasteiger partial charge in [-0.1, -0.05) is 12.1 Å². The Bertz CT molecular complexity index is 857. The smallest absolute Gasteiger partial charge is 0.341 e. The predicted molar refractivity (Wildman–Crippen MR) is 89.5 cm³/mol. The Kier molecular flexibility index (Phi) is 4.41. The first-order valence-electron chi connectivity index (χ1n) is 7.84. The van der Waals surface area contributed by atoms with Gasteiger partial charge in [0.05, 0.1) is 27.0 Å². The molecule has 1 fully saturated rings. The van der Waals surface area contributed by atoms with Gasteiger partial charge in [-0.25, -0.2) is 9.59 Å². The lowest BCUT2D eigenvalue weighted by molar-refractivity contribution is -0.131. The lowest BCUT2D eigenvalue weighted by Gasteiger charge is -2.22. The van der Waals surface area contributed by atoms with Gasteiger partial charge in [0, 0.05) is 0 Å². The van der Waals surface area contributed by atoms with Crippen LogP contribution in [-0.4, -0.2) is 37.0 Å². The number of carbonyl (C=O) groups excluding carboxylic acids is 3. The molecule has 0 spiro atoms. The summed E-state index contributed by atoms with van der Waals surface area (Å²) in [6.45, 7) is 1.45. The van der Waals surface area contributed by atoms with Crippen molar-refractivity contribution in [1.29, 1.82) is 0 Å². The molecule has 1 saturated heterocycles. The minimum absolute atomic E-state index is 0.172. The number of benzene rings is 1. The van der Waals surface area contributed by atoms with E-state index in [-0.39, 0.29) is 17.9 Å². The van der Waals surface area contributed by atoms with E-state index in [1.54, 1.807) is 38.3 Å². The zero-order valence-electron chi connectivity index (χ0n) is 14.6. The van der Waals surface area contributed by atoms with E-state index in [9.17, 15) is 14.4 Å². The third-order valence-corrected chi connectivity index (χ3v) is 4.39. The summed E-state index contributed by atoms with van der Waals surface area (Å²) in [6.07, 6.45) is 1.31. The molecule has 1 atom stereocenters. The fourth-order valence-electron chi connectivity index (χ4n) is 2.86. The molecule has 1 aliphatic heterocycles. The highest BCUT2D eigenvalue weighted by atomic mass is 16.5. The minimum Gasteiger partial charge on any atom is -0.497 e. The lowest BCUT2D eigenvalue weighted by Crippen LogP contribution is -2.40. The number of imide groups is 1. The van der Waals surface area contributed by atoms with Gasteiger partial charge in [-0.15, -0.1) is 0 Å². The molecule has 1 aromatic carbocycles. The maximum absolute atomic E-state index is 12.9. The van der Waals surface area contributed by atoms with Gasteiger partial charge >= 0.3 is 12.0 Å². The number of carbonyl (C=O) groups is 3. The van der Waals surface area contributed by atoms with Crippen molar-refractivity contribution in [1.82, 2.24) is 10.2 Å². The van der Waals surface area contributed by atoms with Gasteiger partial charge in [0.2, 0.25) is 0 Å². The van der Waals surface area contributed by atoms with Crippen LogP contribution in [0.3, 0.4) is 0 Å². The van der Waals surface area contributed by atoms with Crippen LogP contribution >= 0.6 is 0 Å². The zero-order valence-corrected chi connectivity index (χ0v) is 14.6. The van der Waals surface area contributed by atoms with Crippen molar-refractivity contribution in [2.24, 2.45) is 0 Å². The molecule has 8 heteroatoms. The number of ether oxygens (including phenoxy) is 2. The molecule has 0 aliphatic carbocycles. The number of methoxy groups -OCH3 is 2. The van der Waals surface area contributed by atoms with Gasteiger partial charge in [-0.05, 0) is 30.7 Å². The van der Waals surface area contributed by atoms with Crippen LogP contribution in [0.25, 0.3) is 0 Å². The molecule has 26 heavy (non-hydrogen) atoms. The lowest BCUT2D eigenvalue weighted by atomic mass is 9.92. The molecule has 1 aromatic heterocycles. The normalized spacial score (nSPS) is 19.4. The second-order valence-corrected chi connectivity index (χ2v) is 5.92. The predicted octanol–water partition coefficient (Wildman–Crippen LogP) is 2.04. The third kappa shape index (κ3) is 2.79. The molecule has 1 unspecified atom stereocenters. The SMILES string of the molecule is COC(=O)c1ccoc1CN1C(=O)NC(C)(c2ccc(OC)cc2)C1=O. The summed E-state index contributed by atoms with van der Waals surface area (Å²) >= 11 is 0.